The summed E-state index contributed by atoms with van der Waals surface area (Å²) in [5.41, 5.74) is 0.958. The van der Waals surface area contributed by atoms with Gasteiger partial charge in [-0.05, 0) is 43.2 Å². The maximum absolute atomic E-state index is 12.9. The lowest BCUT2D eigenvalue weighted by molar-refractivity contribution is -0.119. The van der Waals surface area contributed by atoms with Gasteiger partial charge in [0.15, 0.2) is 6.61 Å². The van der Waals surface area contributed by atoms with Crippen LogP contribution in [0.2, 0.25) is 0 Å². The van der Waals surface area contributed by atoms with Crippen molar-refractivity contribution in [3.8, 4) is 0 Å². The van der Waals surface area contributed by atoms with Gasteiger partial charge in [-0.3, -0.25) is 14.2 Å². The molecule has 2 heterocycles. The molecule has 9 heteroatoms. The van der Waals surface area contributed by atoms with E-state index in [2.05, 4.69) is 10.3 Å². The maximum atomic E-state index is 12.9. The van der Waals surface area contributed by atoms with Crippen molar-refractivity contribution in [2.24, 2.45) is 0 Å². The first kappa shape index (κ1) is 23.2. The molecular formula is C25H25N3O6. The van der Waals surface area contributed by atoms with Gasteiger partial charge >= 0.3 is 11.9 Å². The van der Waals surface area contributed by atoms with E-state index in [1.807, 2.05) is 0 Å². The number of methoxy groups -OCH3 is 1. The van der Waals surface area contributed by atoms with Crippen molar-refractivity contribution in [2.75, 3.05) is 19.0 Å². The van der Waals surface area contributed by atoms with E-state index in [1.165, 1.54) is 25.3 Å². The summed E-state index contributed by atoms with van der Waals surface area (Å²) in [6.45, 7) is 0.0990. The Morgan fingerprint density at radius 2 is 1.82 bits per heavy atom. The number of amides is 1. The standard InChI is InChI=1S/C25H25N3O6/c1-33-25(32)18-8-5-6-9-19(18)27-22(29)15-34-24(31)16-11-12-17-20(14-16)26-21-10-4-2-3-7-13-28(21)23(17)30/h5-6,8-9,11-12,14H,2-4,7,10,13,15H2,1H3,(H,27,29). The molecule has 0 unspecified atom stereocenters. The van der Waals surface area contributed by atoms with Crippen molar-refractivity contribution in [2.45, 2.75) is 38.6 Å². The summed E-state index contributed by atoms with van der Waals surface area (Å²) in [5.74, 6) is -1.19. The van der Waals surface area contributed by atoms with Crippen LogP contribution in [0.5, 0.6) is 0 Å². The summed E-state index contributed by atoms with van der Waals surface area (Å²) in [7, 11) is 1.24. The van der Waals surface area contributed by atoms with Gasteiger partial charge in [0, 0.05) is 13.0 Å². The van der Waals surface area contributed by atoms with Crippen LogP contribution in [0.4, 0.5) is 5.69 Å². The smallest absolute Gasteiger partial charge is 0.339 e. The number of hydrogen-bond acceptors (Lipinski definition) is 7. The number of rotatable bonds is 5. The third-order valence-corrected chi connectivity index (χ3v) is 5.74. The van der Waals surface area contributed by atoms with Crippen molar-refractivity contribution in [1.82, 2.24) is 9.55 Å². The molecule has 1 aliphatic rings. The number of esters is 2. The Morgan fingerprint density at radius 3 is 2.65 bits per heavy atom. The molecule has 34 heavy (non-hydrogen) atoms. The molecule has 3 aromatic rings. The van der Waals surface area contributed by atoms with Gasteiger partial charge in [-0.25, -0.2) is 14.6 Å². The number of hydrogen-bond donors (Lipinski definition) is 1. The van der Waals surface area contributed by atoms with Gasteiger partial charge in [0.05, 0.1) is 34.8 Å². The molecule has 0 spiro atoms. The summed E-state index contributed by atoms with van der Waals surface area (Å²) < 4.78 is 11.6. The number of para-hydroxylation sites is 1. The zero-order valence-electron chi connectivity index (χ0n) is 18.8. The Morgan fingerprint density at radius 1 is 1.03 bits per heavy atom. The van der Waals surface area contributed by atoms with E-state index in [9.17, 15) is 19.2 Å². The van der Waals surface area contributed by atoms with Gasteiger partial charge in [0.2, 0.25) is 0 Å². The third kappa shape index (κ3) is 4.98. The minimum atomic E-state index is -0.716. The van der Waals surface area contributed by atoms with Crippen LogP contribution in [0.25, 0.3) is 10.9 Å². The number of nitrogens with one attached hydrogen (secondary N) is 1. The number of nitrogens with zero attached hydrogens (tertiary/aromatic N) is 2. The number of benzene rings is 2. The average molecular weight is 463 g/mol. The number of carbonyl (C=O) groups excluding carboxylic acids is 3. The fraction of sp³-hybridized carbons (Fsp3) is 0.320. The van der Waals surface area contributed by atoms with Crippen LogP contribution >= 0.6 is 0 Å². The summed E-state index contributed by atoms with van der Waals surface area (Å²) in [6, 6.07) is 10.9. The van der Waals surface area contributed by atoms with Crippen molar-refractivity contribution >= 4 is 34.4 Å². The minimum Gasteiger partial charge on any atom is -0.465 e. The molecule has 4 rings (SSSR count). The van der Waals surface area contributed by atoms with Crippen molar-refractivity contribution < 1.29 is 23.9 Å². The van der Waals surface area contributed by atoms with E-state index in [0.29, 0.717) is 23.9 Å². The van der Waals surface area contributed by atoms with E-state index in [-0.39, 0.29) is 22.4 Å². The predicted octanol–water partition coefficient (Wildman–Crippen LogP) is 3.10. The monoisotopic (exact) mass is 463 g/mol. The van der Waals surface area contributed by atoms with E-state index in [4.69, 9.17) is 9.47 Å². The molecule has 0 bridgehead atoms. The zero-order valence-corrected chi connectivity index (χ0v) is 18.8. The molecule has 176 valence electrons. The molecule has 0 saturated heterocycles. The molecule has 0 radical (unpaired) electrons. The van der Waals surface area contributed by atoms with Crippen LogP contribution in [0, 0.1) is 0 Å². The normalized spacial score (nSPS) is 13.3. The van der Waals surface area contributed by atoms with Gasteiger partial charge in [-0.15, -0.1) is 0 Å². The van der Waals surface area contributed by atoms with Crippen molar-refractivity contribution in [3.05, 3.63) is 69.8 Å². The molecule has 0 atom stereocenters. The summed E-state index contributed by atoms with van der Waals surface area (Å²) in [4.78, 5) is 54.2. The molecule has 1 aromatic heterocycles. The summed E-state index contributed by atoms with van der Waals surface area (Å²) >= 11 is 0. The highest BCUT2D eigenvalue weighted by Crippen LogP contribution is 2.18. The van der Waals surface area contributed by atoms with Gasteiger partial charge in [0.1, 0.15) is 5.82 Å². The highest BCUT2D eigenvalue weighted by molar-refractivity contribution is 6.02. The minimum absolute atomic E-state index is 0.106. The summed E-state index contributed by atoms with van der Waals surface area (Å²) in [5, 5.41) is 2.98. The van der Waals surface area contributed by atoms with Crippen LogP contribution in [0.15, 0.2) is 47.3 Å². The fourth-order valence-corrected chi connectivity index (χ4v) is 4.00. The van der Waals surface area contributed by atoms with Gasteiger partial charge in [-0.2, -0.15) is 0 Å². The van der Waals surface area contributed by atoms with Crippen LogP contribution in [-0.2, 0) is 27.2 Å². The number of aromatic nitrogens is 2. The Balaban J connectivity index is 1.47. The first-order chi connectivity index (χ1) is 16.5. The Hall–Kier alpha value is -4.01. The highest BCUT2D eigenvalue weighted by Gasteiger charge is 2.17. The average Bonchev–Trinajstić information content (AvgIpc) is 2.83. The Labute approximate surface area is 195 Å². The second-order valence-electron chi connectivity index (χ2n) is 8.04. The van der Waals surface area contributed by atoms with Crippen LogP contribution in [0.3, 0.4) is 0 Å². The van der Waals surface area contributed by atoms with Crippen molar-refractivity contribution in [1.29, 1.82) is 0 Å². The van der Waals surface area contributed by atoms with Crippen LogP contribution in [0.1, 0.15) is 52.2 Å². The number of ether oxygens (including phenoxy) is 2. The third-order valence-electron chi connectivity index (χ3n) is 5.74. The SMILES string of the molecule is COC(=O)c1ccccc1NC(=O)COC(=O)c1ccc2c(=O)n3c(nc2c1)CCCCCC3. The topological polar surface area (TPSA) is 117 Å². The second-order valence-corrected chi connectivity index (χ2v) is 8.04. The molecule has 0 fully saturated rings. The van der Waals surface area contributed by atoms with E-state index >= 15 is 0 Å². The van der Waals surface area contributed by atoms with Crippen LogP contribution < -0.4 is 10.9 Å². The van der Waals surface area contributed by atoms with E-state index < -0.39 is 24.5 Å². The van der Waals surface area contributed by atoms with Gasteiger partial charge in [0.25, 0.3) is 11.5 Å². The molecule has 1 N–H and O–H groups in total. The molecule has 0 aliphatic carbocycles. The largest absolute Gasteiger partial charge is 0.465 e. The fourth-order valence-electron chi connectivity index (χ4n) is 4.00. The first-order valence-corrected chi connectivity index (χ1v) is 11.2. The zero-order chi connectivity index (χ0) is 24.1. The first-order valence-electron chi connectivity index (χ1n) is 11.2. The van der Waals surface area contributed by atoms with Crippen LogP contribution in [-0.4, -0.2) is 41.1 Å². The quantitative estimate of drug-likeness (QED) is 0.578. The maximum Gasteiger partial charge on any atom is 0.339 e. The lowest BCUT2D eigenvalue weighted by Crippen LogP contribution is -2.26. The van der Waals surface area contributed by atoms with E-state index in [0.717, 1.165) is 31.5 Å². The molecule has 0 saturated carbocycles. The predicted molar refractivity (Wildman–Crippen MR) is 125 cm³/mol. The molecule has 9 nitrogen and oxygen atoms in total. The Kier molecular flexibility index (Phi) is 7.01. The number of fused-ring (bicyclic) bond motifs is 2. The molecule has 1 amide bonds. The molecule has 1 aliphatic heterocycles. The number of aryl methyl sites for hydroxylation is 1. The number of carbonyl (C=O) groups is 3. The van der Waals surface area contributed by atoms with Gasteiger partial charge in [-0.1, -0.05) is 25.0 Å². The lowest BCUT2D eigenvalue weighted by atomic mass is 10.1. The van der Waals surface area contributed by atoms with Gasteiger partial charge < -0.3 is 14.8 Å². The second kappa shape index (κ2) is 10.3. The molecular weight excluding hydrogens is 438 g/mol. The highest BCUT2D eigenvalue weighted by atomic mass is 16.5. The van der Waals surface area contributed by atoms with Crippen molar-refractivity contribution in [3.63, 3.8) is 0 Å². The number of anilines is 1. The molecule has 2 aromatic carbocycles. The Bertz CT molecular complexity index is 1310. The van der Waals surface area contributed by atoms with E-state index in [1.54, 1.807) is 28.8 Å². The summed E-state index contributed by atoms with van der Waals surface area (Å²) in [6.07, 6.45) is 4.82. The lowest BCUT2D eigenvalue weighted by Gasteiger charge is -2.16.